The number of carbonyl (C=O) groups excluding carboxylic acids is 1. The zero-order valence-electron chi connectivity index (χ0n) is 9.13. The summed E-state index contributed by atoms with van der Waals surface area (Å²) in [5.41, 5.74) is 0. The van der Waals surface area contributed by atoms with Gasteiger partial charge in [0.15, 0.2) is 12.4 Å². The summed E-state index contributed by atoms with van der Waals surface area (Å²) in [5.74, 6) is -1.35. The quantitative estimate of drug-likeness (QED) is 0.290. The van der Waals surface area contributed by atoms with Crippen LogP contribution in [-0.2, 0) is 14.3 Å². The Bertz CT molecular complexity index is 255. The van der Waals surface area contributed by atoms with Crippen LogP contribution in [0.15, 0.2) is 0 Å². The van der Waals surface area contributed by atoms with Crippen LogP contribution in [0.25, 0.3) is 0 Å². The van der Waals surface area contributed by atoms with Gasteiger partial charge in [0, 0.05) is 0 Å². The van der Waals surface area contributed by atoms with Gasteiger partial charge in [-0.3, -0.25) is 0 Å². The number of carboxylic acid groups (broad SMARTS) is 1. The van der Waals surface area contributed by atoms with E-state index in [-0.39, 0.29) is 6.29 Å². The van der Waals surface area contributed by atoms with Gasteiger partial charge in [-0.25, -0.2) is 4.79 Å². The molecule has 0 fully saturated rings. The van der Waals surface area contributed by atoms with Gasteiger partial charge in [0.2, 0.25) is 0 Å². The van der Waals surface area contributed by atoms with Crippen LogP contribution in [0.4, 0.5) is 0 Å². The Labute approximate surface area is 97.1 Å². The molecule has 1 unspecified atom stereocenters. The van der Waals surface area contributed by atoms with Crippen molar-refractivity contribution in [2.45, 2.75) is 37.4 Å². The molecule has 0 radical (unpaired) electrons. The van der Waals surface area contributed by atoms with Crippen LogP contribution in [0.1, 0.15) is 6.92 Å². The maximum Gasteiger partial charge on any atom is 0.332 e. The van der Waals surface area contributed by atoms with Crippen LogP contribution in [0, 0.1) is 0 Å². The Morgan fingerprint density at radius 2 is 1.82 bits per heavy atom. The molecule has 100 valence electrons. The van der Waals surface area contributed by atoms with E-state index in [9.17, 15) is 19.8 Å². The molecule has 17 heavy (non-hydrogen) atoms. The average molecular weight is 252 g/mol. The van der Waals surface area contributed by atoms with Gasteiger partial charge in [0.1, 0.15) is 24.4 Å². The van der Waals surface area contributed by atoms with E-state index in [2.05, 4.69) is 4.74 Å². The molecular weight excluding hydrogens is 236 g/mol. The predicted octanol–water partition coefficient (Wildman–Crippen LogP) is -2.88. The van der Waals surface area contributed by atoms with E-state index < -0.39 is 43.1 Å². The van der Waals surface area contributed by atoms with Gasteiger partial charge in [-0.15, -0.1) is 0 Å². The minimum absolute atomic E-state index is 0.109. The topological polar surface area (TPSA) is 145 Å². The molecule has 8 heteroatoms. The van der Waals surface area contributed by atoms with Crippen molar-refractivity contribution < 1.29 is 39.9 Å². The minimum Gasteiger partial charge on any atom is -0.479 e. The van der Waals surface area contributed by atoms with Crippen LogP contribution in [0.5, 0.6) is 0 Å². The molecule has 5 N–H and O–H groups in total. The average Bonchev–Trinajstić information content (AvgIpc) is 2.32. The van der Waals surface area contributed by atoms with Crippen molar-refractivity contribution in [3.63, 3.8) is 0 Å². The molecule has 0 amide bonds. The van der Waals surface area contributed by atoms with Gasteiger partial charge in [0.05, 0.1) is 6.61 Å². The third kappa shape index (κ3) is 4.75. The van der Waals surface area contributed by atoms with Gasteiger partial charge < -0.3 is 35.1 Å². The minimum atomic E-state index is -1.84. The molecule has 5 atom stereocenters. The molecule has 0 saturated heterocycles. The Hall–Kier alpha value is -1.06. The number of hydrogen-bond acceptors (Lipinski definition) is 7. The van der Waals surface area contributed by atoms with Crippen LogP contribution in [0.2, 0.25) is 0 Å². The zero-order valence-corrected chi connectivity index (χ0v) is 9.13. The lowest BCUT2D eigenvalue weighted by Gasteiger charge is -2.26. The smallest absolute Gasteiger partial charge is 0.332 e. The molecule has 0 saturated carbocycles. The molecule has 0 aliphatic rings. The van der Waals surface area contributed by atoms with Crippen molar-refractivity contribution in [3.8, 4) is 0 Å². The first-order valence-electron chi connectivity index (χ1n) is 4.83. The number of aliphatic hydroxyl groups excluding tert-OH is 4. The van der Waals surface area contributed by atoms with Gasteiger partial charge in [-0.1, -0.05) is 0 Å². The fraction of sp³-hybridized carbons (Fsp3) is 0.778. The summed E-state index contributed by atoms with van der Waals surface area (Å²) in [6.07, 6.45) is -8.18. The number of aliphatic carboxylic acids is 1. The molecule has 0 bridgehead atoms. The highest BCUT2D eigenvalue weighted by molar-refractivity contribution is 5.72. The summed E-state index contributed by atoms with van der Waals surface area (Å²) < 4.78 is 4.67. The Morgan fingerprint density at radius 1 is 1.29 bits per heavy atom. The molecule has 0 aromatic carbocycles. The number of ether oxygens (including phenoxy) is 1. The Morgan fingerprint density at radius 3 is 2.18 bits per heavy atom. The molecule has 8 nitrogen and oxygen atoms in total. The molecule has 0 aliphatic heterocycles. The number of carboxylic acids is 1. The van der Waals surface area contributed by atoms with Crippen molar-refractivity contribution in [3.05, 3.63) is 0 Å². The van der Waals surface area contributed by atoms with Gasteiger partial charge in [-0.05, 0) is 6.92 Å². The molecule has 0 rings (SSSR count). The van der Waals surface area contributed by atoms with Gasteiger partial charge >= 0.3 is 5.97 Å². The first-order valence-corrected chi connectivity index (χ1v) is 4.83. The fourth-order valence-corrected chi connectivity index (χ4v) is 1.02. The number of rotatable bonds is 8. The lowest BCUT2D eigenvalue weighted by atomic mass is 10.0. The predicted molar refractivity (Wildman–Crippen MR) is 53.1 cm³/mol. The summed E-state index contributed by atoms with van der Waals surface area (Å²) in [6, 6.07) is 0. The normalized spacial score (nSPS) is 20.1. The van der Waals surface area contributed by atoms with Crippen LogP contribution < -0.4 is 0 Å². The fourth-order valence-electron chi connectivity index (χ4n) is 1.02. The molecule has 0 aromatic heterocycles. The van der Waals surface area contributed by atoms with E-state index in [4.69, 9.17) is 15.3 Å². The van der Waals surface area contributed by atoms with E-state index in [1.807, 2.05) is 0 Å². The van der Waals surface area contributed by atoms with Crippen molar-refractivity contribution in [1.29, 1.82) is 0 Å². The van der Waals surface area contributed by atoms with Gasteiger partial charge in [0.25, 0.3) is 0 Å². The molecule has 0 aromatic rings. The Kier molecular flexibility index (Phi) is 6.85. The zero-order chi connectivity index (χ0) is 13.6. The second-order valence-corrected chi connectivity index (χ2v) is 3.45. The highest BCUT2D eigenvalue weighted by atomic mass is 16.5. The number of aliphatic hydroxyl groups is 4. The van der Waals surface area contributed by atoms with E-state index in [1.165, 1.54) is 0 Å². The van der Waals surface area contributed by atoms with Crippen molar-refractivity contribution in [1.82, 2.24) is 0 Å². The number of hydrogen-bond donors (Lipinski definition) is 5. The third-order valence-electron chi connectivity index (χ3n) is 2.11. The summed E-state index contributed by atoms with van der Waals surface area (Å²) in [5, 5.41) is 44.8. The van der Waals surface area contributed by atoms with Crippen molar-refractivity contribution >= 4 is 12.3 Å². The highest BCUT2D eigenvalue weighted by Crippen LogP contribution is 2.09. The van der Waals surface area contributed by atoms with Gasteiger partial charge in [-0.2, -0.15) is 0 Å². The standard InChI is InChI=1S/C9H16O8/c1-4(9(15)16)17-6(3-11)8(14)7(13)5(12)2-10/h3-8,10,12-14H,2H2,1H3,(H,15,16)/t4?,5-,6+,7+,8-/m1/s1. The summed E-state index contributed by atoms with van der Waals surface area (Å²) >= 11 is 0. The number of carbonyl (C=O) groups is 2. The van der Waals surface area contributed by atoms with E-state index in [1.54, 1.807) is 0 Å². The summed E-state index contributed by atoms with van der Waals surface area (Å²) in [6.45, 7) is 0.318. The van der Waals surface area contributed by atoms with Crippen molar-refractivity contribution in [2.75, 3.05) is 6.61 Å². The first kappa shape index (κ1) is 15.9. The molecular formula is C9H16O8. The maximum atomic E-state index is 10.6. The molecule has 0 heterocycles. The SMILES string of the molecule is CC(O[C@@H](C=O)[C@@H](O)[C@@H](O)[C@H](O)CO)C(=O)O. The third-order valence-corrected chi connectivity index (χ3v) is 2.11. The Balaban J connectivity index is 4.54. The largest absolute Gasteiger partial charge is 0.479 e. The monoisotopic (exact) mass is 252 g/mol. The second kappa shape index (κ2) is 7.30. The lowest BCUT2D eigenvalue weighted by Crippen LogP contribution is -2.48. The molecule has 0 aliphatic carbocycles. The highest BCUT2D eigenvalue weighted by Gasteiger charge is 2.33. The van der Waals surface area contributed by atoms with E-state index in [0.29, 0.717) is 0 Å². The van der Waals surface area contributed by atoms with E-state index in [0.717, 1.165) is 6.92 Å². The van der Waals surface area contributed by atoms with Crippen molar-refractivity contribution in [2.24, 2.45) is 0 Å². The summed E-state index contributed by atoms with van der Waals surface area (Å²) in [7, 11) is 0. The first-order chi connectivity index (χ1) is 7.84. The van der Waals surface area contributed by atoms with Crippen LogP contribution in [-0.4, -0.2) is 74.9 Å². The molecule has 0 spiro atoms. The summed E-state index contributed by atoms with van der Waals surface area (Å²) in [4.78, 5) is 21.0. The van der Waals surface area contributed by atoms with E-state index >= 15 is 0 Å². The lowest BCUT2D eigenvalue weighted by molar-refractivity contribution is -0.169. The second-order valence-electron chi connectivity index (χ2n) is 3.45. The number of aldehydes is 1. The van der Waals surface area contributed by atoms with Crippen LogP contribution in [0.3, 0.4) is 0 Å². The maximum absolute atomic E-state index is 10.6. The van der Waals surface area contributed by atoms with Crippen LogP contribution >= 0.6 is 0 Å².